The molecule has 31 heavy (non-hydrogen) atoms. The van der Waals surface area contributed by atoms with Gasteiger partial charge in [0.25, 0.3) is 0 Å². The van der Waals surface area contributed by atoms with Crippen molar-refractivity contribution in [1.29, 1.82) is 0 Å². The van der Waals surface area contributed by atoms with Crippen LogP contribution in [0.25, 0.3) is 6.08 Å². The van der Waals surface area contributed by atoms with Gasteiger partial charge in [0.15, 0.2) is 11.6 Å². The van der Waals surface area contributed by atoms with Crippen LogP contribution in [0.4, 0.5) is 0 Å². The summed E-state index contributed by atoms with van der Waals surface area (Å²) in [5.41, 5.74) is 0.571. The number of carbonyl (C=O) groups is 2. The second-order valence-electron chi connectivity index (χ2n) is 7.18. The molecular weight excluding hydrogens is 396 g/mol. The molecule has 0 saturated heterocycles. The number of carbonyl (C=O) groups excluding carboxylic acids is 2. The van der Waals surface area contributed by atoms with E-state index >= 15 is 0 Å². The second-order valence-corrected chi connectivity index (χ2v) is 7.18. The first kappa shape index (κ1) is 20.4. The van der Waals surface area contributed by atoms with Crippen molar-refractivity contribution in [3.05, 3.63) is 94.1 Å². The highest BCUT2D eigenvalue weighted by molar-refractivity contribution is 6.30. The average molecular weight is 416 g/mol. The number of aliphatic hydroxyl groups excluding tert-OH is 1. The second kappa shape index (κ2) is 8.08. The van der Waals surface area contributed by atoms with Crippen molar-refractivity contribution in [3.63, 3.8) is 0 Å². The number of aromatic hydroxyl groups is 2. The number of rotatable bonds is 5. The molecule has 1 aliphatic carbocycles. The fourth-order valence-corrected chi connectivity index (χ4v) is 3.79. The van der Waals surface area contributed by atoms with Gasteiger partial charge in [-0.15, -0.1) is 0 Å². The molecule has 156 valence electrons. The molecule has 3 N–H and O–H groups in total. The molecular formula is C25H20O6. The lowest BCUT2D eigenvalue weighted by Crippen LogP contribution is -2.22. The number of hydrogen-bond donors (Lipinski definition) is 3. The zero-order valence-corrected chi connectivity index (χ0v) is 16.7. The van der Waals surface area contributed by atoms with E-state index in [1.54, 1.807) is 31.4 Å². The number of ether oxygens (including phenoxy) is 1. The van der Waals surface area contributed by atoms with E-state index in [9.17, 15) is 24.9 Å². The van der Waals surface area contributed by atoms with Gasteiger partial charge in [-0.1, -0.05) is 54.6 Å². The highest BCUT2D eigenvalue weighted by Crippen LogP contribution is 2.42. The summed E-state index contributed by atoms with van der Waals surface area (Å²) in [7, 11) is 1.56. The number of phenols is 2. The van der Waals surface area contributed by atoms with Gasteiger partial charge in [-0.3, -0.25) is 9.59 Å². The zero-order valence-electron chi connectivity index (χ0n) is 16.7. The van der Waals surface area contributed by atoms with Crippen molar-refractivity contribution >= 4 is 17.6 Å². The van der Waals surface area contributed by atoms with E-state index < -0.39 is 29.2 Å². The van der Waals surface area contributed by atoms with Gasteiger partial charge >= 0.3 is 0 Å². The first-order chi connectivity index (χ1) is 14.9. The van der Waals surface area contributed by atoms with E-state index in [1.165, 1.54) is 12.1 Å². The molecule has 0 saturated carbocycles. The van der Waals surface area contributed by atoms with Crippen LogP contribution >= 0.6 is 0 Å². The third kappa shape index (κ3) is 3.47. The number of para-hydroxylation sites is 1. The standard InChI is InChI=1S/C25H20O6/c1-31-20-12-5-2-7-14(20)8-6-11-18(26)17-13-19(27)21-22(25(17)30)24(29)16-10-4-3-9-15(16)23(21)28/h2-10,12-13,18,26-27,30H,11H2,1H3/b8-6+. The molecule has 0 fully saturated rings. The van der Waals surface area contributed by atoms with Crippen molar-refractivity contribution in [3.8, 4) is 17.2 Å². The number of fused-ring (bicyclic) bond motifs is 2. The fraction of sp³-hybridized carbons (Fsp3) is 0.120. The molecule has 4 rings (SSSR count). The number of phenolic OH excluding ortho intramolecular Hbond substituents is 2. The Labute approximate surface area is 178 Å². The molecule has 0 spiro atoms. The van der Waals surface area contributed by atoms with E-state index in [1.807, 2.05) is 24.3 Å². The predicted molar refractivity (Wildman–Crippen MR) is 115 cm³/mol. The number of benzene rings is 3. The average Bonchev–Trinajstić information content (AvgIpc) is 2.78. The Morgan fingerprint density at radius 2 is 1.55 bits per heavy atom. The van der Waals surface area contributed by atoms with Crippen LogP contribution in [-0.2, 0) is 0 Å². The molecule has 3 aromatic carbocycles. The monoisotopic (exact) mass is 416 g/mol. The Hall–Kier alpha value is -3.90. The Balaban J connectivity index is 1.68. The largest absolute Gasteiger partial charge is 0.507 e. The molecule has 1 atom stereocenters. The summed E-state index contributed by atoms with van der Waals surface area (Å²) >= 11 is 0. The number of ketones is 2. The molecule has 0 amide bonds. The quantitative estimate of drug-likeness (QED) is 0.425. The van der Waals surface area contributed by atoms with Gasteiger partial charge in [-0.05, 0) is 18.6 Å². The van der Waals surface area contributed by atoms with Gasteiger partial charge in [-0.2, -0.15) is 0 Å². The third-order valence-corrected chi connectivity index (χ3v) is 5.33. The Morgan fingerprint density at radius 3 is 2.23 bits per heavy atom. The lowest BCUT2D eigenvalue weighted by atomic mass is 9.81. The molecule has 0 aliphatic heterocycles. The molecule has 6 heteroatoms. The van der Waals surface area contributed by atoms with E-state index in [0.717, 1.165) is 11.6 Å². The van der Waals surface area contributed by atoms with Crippen LogP contribution in [0.15, 0.2) is 60.7 Å². The number of methoxy groups -OCH3 is 1. The molecule has 0 heterocycles. The summed E-state index contributed by atoms with van der Waals surface area (Å²) in [4.78, 5) is 25.7. The topological polar surface area (TPSA) is 104 Å². The summed E-state index contributed by atoms with van der Waals surface area (Å²) in [6, 6.07) is 14.7. The first-order valence-electron chi connectivity index (χ1n) is 9.69. The van der Waals surface area contributed by atoms with E-state index in [0.29, 0.717) is 5.75 Å². The Morgan fingerprint density at radius 1 is 0.935 bits per heavy atom. The maximum atomic E-state index is 12.9. The summed E-state index contributed by atoms with van der Waals surface area (Å²) in [5, 5.41) is 31.8. The van der Waals surface area contributed by atoms with Gasteiger partial charge in [0.1, 0.15) is 17.2 Å². The van der Waals surface area contributed by atoms with E-state index in [-0.39, 0.29) is 34.2 Å². The molecule has 1 aliphatic rings. The molecule has 1 unspecified atom stereocenters. The highest BCUT2D eigenvalue weighted by atomic mass is 16.5. The minimum absolute atomic E-state index is 0.0264. The SMILES string of the molecule is COc1ccccc1/C=C/CC(O)c1cc(O)c2c(c1O)C(=O)c1ccccc1C2=O. The van der Waals surface area contributed by atoms with Gasteiger partial charge in [0.05, 0.1) is 24.3 Å². The van der Waals surface area contributed by atoms with Crippen molar-refractivity contribution in [2.45, 2.75) is 12.5 Å². The molecule has 3 aromatic rings. The molecule has 0 radical (unpaired) electrons. The minimum Gasteiger partial charge on any atom is -0.507 e. The minimum atomic E-state index is -1.21. The molecule has 6 nitrogen and oxygen atoms in total. The molecule has 0 aromatic heterocycles. The summed E-state index contributed by atoms with van der Waals surface area (Å²) in [6.07, 6.45) is 2.35. The van der Waals surface area contributed by atoms with Gasteiger partial charge in [0, 0.05) is 22.3 Å². The highest BCUT2D eigenvalue weighted by Gasteiger charge is 2.36. The van der Waals surface area contributed by atoms with Crippen molar-refractivity contribution in [2.24, 2.45) is 0 Å². The van der Waals surface area contributed by atoms with E-state index in [4.69, 9.17) is 4.74 Å². The van der Waals surface area contributed by atoms with Crippen LogP contribution in [0.3, 0.4) is 0 Å². The van der Waals surface area contributed by atoms with Gasteiger partial charge in [0.2, 0.25) is 0 Å². The number of hydrogen-bond acceptors (Lipinski definition) is 6. The Bertz CT molecular complexity index is 1220. The lowest BCUT2D eigenvalue weighted by molar-refractivity contribution is 0.0973. The van der Waals surface area contributed by atoms with Crippen LogP contribution in [0.5, 0.6) is 17.2 Å². The smallest absolute Gasteiger partial charge is 0.198 e. The number of aliphatic hydroxyl groups is 1. The summed E-state index contributed by atoms with van der Waals surface area (Å²) in [5.74, 6) is -1.40. The van der Waals surface area contributed by atoms with Crippen LogP contribution in [0.1, 0.15) is 55.5 Å². The van der Waals surface area contributed by atoms with Gasteiger partial charge < -0.3 is 20.1 Å². The third-order valence-electron chi connectivity index (χ3n) is 5.33. The van der Waals surface area contributed by atoms with Crippen molar-refractivity contribution in [2.75, 3.05) is 7.11 Å². The predicted octanol–water partition coefficient (Wildman–Crippen LogP) is 4.02. The van der Waals surface area contributed by atoms with Crippen LogP contribution in [0, 0.1) is 0 Å². The maximum absolute atomic E-state index is 12.9. The van der Waals surface area contributed by atoms with Gasteiger partial charge in [-0.25, -0.2) is 0 Å². The van der Waals surface area contributed by atoms with Crippen molar-refractivity contribution in [1.82, 2.24) is 0 Å². The summed E-state index contributed by atoms with van der Waals surface area (Å²) in [6.45, 7) is 0. The van der Waals surface area contributed by atoms with Crippen LogP contribution < -0.4 is 4.74 Å². The van der Waals surface area contributed by atoms with Crippen molar-refractivity contribution < 1.29 is 29.6 Å². The molecule has 0 bridgehead atoms. The maximum Gasteiger partial charge on any atom is 0.198 e. The Kier molecular flexibility index (Phi) is 5.31. The van der Waals surface area contributed by atoms with Crippen LogP contribution in [-0.4, -0.2) is 34.0 Å². The zero-order chi connectivity index (χ0) is 22.1. The fourth-order valence-electron chi connectivity index (χ4n) is 3.79. The normalized spacial score (nSPS) is 13.7. The van der Waals surface area contributed by atoms with E-state index in [2.05, 4.69) is 0 Å². The first-order valence-corrected chi connectivity index (χ1v) is 9.69. The van der Waals surface area contributed by atoms with Crippen LogP contribution in [0.2, 0.25) is 0 Å². The lowest BCUT2D eigenvalue weighted by Gasteiger charge is -2.22. The summed E-state index contributed by atoms with van der Waals surface area (Å²) < 4.78 is 5.28.